The van der Waals surface area contributed by atoms with Gasteiger partial charge in [0.1, 0.15) is 0 Å². The number of aromatic nitrogens is 2. The number of hydrogen-bond acceptors (Lipinski definition) is 3. The summed E-state index contributed by atoms with van der Waals surface area (Å²) in [4.78, 5) is 5.98. The molecule has 0 atom stereocenters. The molecular weight excluding hydrogens is 206 g/mol. The van der Waals surface area contributed by atoms with Crippen LogP contribution in [-0.2, 0) is 0 Å². The highest BCUT2D eigenvalue weighted by atomic mass is 32.1. The van der Waals surface area contributed by atoms with Gasteiger partial charge in [-0.15, -0.1) is 11.3 Å². The molecular formula is C11H13N3S. The van der Waals surface area contributed by atoms with Gasteiger partial charge in [0.05, 0.1) is 11.9 Å². The molecule has 0 amide bonds. The summed E-state index contributed by atoms with van der Waals surface area (Å²) in [6.45, 7) is 6.03. The molecule has 0 radical (unpaired) electrons. The summed E-state index contributed by atoms with van der Waals surface area (Å²) in [7, 11) is 0. The van der Waals surface area contributed by atoms with Crippen LogP contribution in [0.3, 0.4) is 0 Å². The number of aryl methyl sites for hydroxylation is 2. The number of pyridine rings is 1. The minimum absolute atomic E-state index is 0.552. The van der Waals surface area contributed by atoms with E-state index in [0.29, 0.717) is 4.80 Å². The number of nitrogens with one attached hydrogen (secondary N) is 1. The van der Waals surface area contributed by atoms with Crippen LogP contribution in [0, 0.1) is 26.2 Å². The topological polar surface area (TPSA) is 41.7 Å². The van der Waals surface area contributed by atoms with Crippen molar-refractivity contribution >= 4 is 11.3 Å². The summed E-state index contributed by atoms with van der Waals surface area (Å²) < 4.78 is 1.92. The summed E-state index contributed by atoms with van der Waals surface area (Å²) in [5.41, 5.74) is 3.08. The van der Waals surface area contributed by atoms with Crippen LogP contribution in [-0.4, -0.2) is 9.55 Å². The van der Waals surface area contributed by atoms with Crippen LogP contribution in [0.25, 0.3) is 5.69 Å². The predicted molar refractivity (Wildman–Crippen MR) is 61.5 cm³/mol. The molecule has 2 heterocycles. The van der Waals surface area contributed by atoms with Crippen molar-refractivity contribution in [2.24, 2.45) is 0 Å². The monoisotopic (exact) mass is 219 g/mol. The number of nitrogens with zero attached hydrogens (tertiary/aromatic N) is 2. The number of rotatable bonds is 1. The highest BCUT2D eigenvalue weighted by Crippen LogP contribution is 2.14. The van der Waals surface area contributed by atoms with E-state index < -0.39 is 0 Å². The van der Waals surface area contributed by atoms with Crippen LogP contribution in [0.2, 0.25) is 0 Å². The SMILES string of the molecule is Cc1ccc(-n2c(C)c(C)sc2=N)cn1. The minimum atomic E-state index is 0.552. The van der Waals surface area contributed by atoms with E-state index in [1.54, 1.807) is 0 Å². The molecule has 0 saturated heterocycles. The first-order chi connectivity index (χ1) is 7.09. The molecule has 2 aromatic rings. The van der Waals surface area contributed by atoms with E-state index >= 15 is 0 Å². The smallest absolute Gasteiger partial charge is 0.187 e. The molecule has 1 N–H and O–H groups in total. The van der Waals surface area contributed by atoms with Gasteiger partial charge >= 0.3 is 0 Å². The molecule has 0 bridgehead atoms. The Bertz CT molecular complexity index is 534. The van der Waals surface area contributed by atoms with Gasteiger partial charge in [-0.3, -0.25) is 15.0 Å². The Balaban J connectivity index is 2.64. The van der Waals surface area contributed by atoms with Crippen LogP contribution in [0.1, 0.15) is 16.3 Å². The van der Waals surface area contributed by atoms with Crippen molar-refractivity contribution in [1.29, 1.82) is 5.41 Å². The normalized spacial score (nSPS) is 10.6. The molecule has 2 rings (SSSR count). The Hall–Kier alpha value is -1.42. The van der Waals surface area contributed by atoms with E-state index in [9.17, 15) is 0 Å². The van der Waals surface area contributed by atoms with Crippen molar-refractivity contribution in [3.8, 4) is 5.69 Å². The molecule has 15 heavy (non-hydrogen) atoms. The van der Waals surface area contributed by atoms with Gasteiger partial charge in [-0.25, -0.2) is 0 Å². The quantitative estimate of drug-likeness (QED) is 0.786. The molecule has 3 nitrogen and oxygen atoms in total. The second kappa shape index (κ2) is 3.62. The fourth-order valence-electron chi connectivity index (χ4n) is 1.48. The molecule has 78 valence electrons. The summed E-state index contributed by atoms with van der Waals surface area (Å²) in [5.74, 6) is 0. The highest BCUT2D eigenvalue weighted by molar-refractivity contribution is 7.09. The van der Waals surface area contributed by atoms with Crippen molar-refractivity contribution < 1.29 is 0 Å². The first-order valence-electron chi connectivity index (χ1n) is 4.76. The maximum atomic E-state index is 7.88. The Morgan fingerprint density at radius 3 is 2.47 bits per heavy atom. The Labute approximate surface area is 92.6 Å². The molecule has 0 saturated carbocycles. The van der Waals surface area contributed by atoms with Gasteiger partial charge in [0.15, 0.2) is 4.80 Å². The Kier molecular flexibility index (Phi) is 2.44. The van der Waals surface area contributed by atoms with Crippen LogP contribution in [0.15, 0.2) is 18.3 Å². The van der Waals surface area contributed by atoms with E-state index in [4.69, 9.17) is 5.41 Å². The second-order valence-electron chi connectivity index (χ2n) is 3.54. The zero-order valence-corrected chi connectivity index (χ0v) is 9.85. The van der Waals surface area contributed by atoms with Gasteiger partial charge in [0.2, 0.25) is 0 Å². The van der Waals surface area contributed by atoms with Gasteiger partial charge in [-0.05, 0) is 32.9 Å². The summed E-state index contributed by atoms with van der Waals surface area (Å²) >= 11 is 1.50. The Morgan fingerprint density at radius 1 is 1.27 bits per heavy atom. The van der Waals surface area contributed by atoms with E-state index in [0.717, 1.165) is 17.1 Å². The lowest BCUT2D eigenvalue weighted by atomic mass is 10.3. The third kappa shape index (κ3) is 1.72. The number of hydrogen-bond donors (Lipinski definition) is 1. The average molecular weight is 219 g/mol. The molecule has 2 aromatic heterocycles. The van der Waals surface area contributed by atoms with Crippen LogP contribution in [0.4, 0.5) is 0 Å². The third-order valence-electron chi connectivity index (χ3n) is 2.45. The standard InChI is InChI=1S/C11H13N3S/c1-7-4-5-10(6-13-7)14-8(2)9(3)15-11(14)12/h4-6,12H,1-3H3. The van der Waals surface area contributed by atoms with Crippen molar-refractivity contribution in [2.75, 3.05) is 0 Å². The molecule has 0 aliphatic rings. The van der Waals surface area contributed by atoms with E-state index in [1.165, 1.54) is 16.2 Å². The summed E-state index contributed by atoms with van der Waals surface area (Å²) in [6.07, 6.45) is 1.81. The van der Waals surface area contributed by atoms with Crippen LogP contribution in [0.5, 0.6) is 0 Å². The fraction of sp³-hybridized carbons (Fsp3) is 0.273. The van der Waals surface area contributed by atoms with Gasteiger partial charge < -0.3 is 0 Å². The van der Waals surface area contributed by atoms with Crippen molar-refractivity contribution in [3.05, 3.63) is 39.4 Å². The maximum absolute atomic E-state index is 7.88. The zero-order valence-electron chi connectivity index (χ0n) is 9.03. The van der Waals surface area contributed by atoms with E-state index in [1.807, 2.05) is 43.7 Å². The lowest BCUT2D eigenvalue weighted by Crippen LogP contribution is -2.12. The van der Waals surface area contributed by atoms with E-state index in [-0.39, 0.29) is 0 Å². The van der Waals surface area contributed by atoms with Crippen molar-refractivity contribution in [2.45, 2.75) is 20.8 Å². The molecule has 0 fully saturated rings. The van der Waals surface area contributed by atoms with Crippen molar-refractivity contribution in [1.82, 2.24) is 9.55 Å². The minimum Gasteiger partial charge on any atom is -0.288 e. The predicted octanol–water partition coefficient (Wildman–Crippen LogP) is 2.34. The second-order valence-corrected chi connectivity index (χ2v) is 4.75. The summed E-state index contributed by atoms with van der Waals surface area (Å²) in [6, 6.07) is 3.97. The lowest BCUT2D eigenvalue weighted by molar-refractivity contribution is 0.917. The van der Waals surface area contributed by atoms with Gasteiger partial charge in [-0.2, -0.15) is 0 Å². The number of thiazole rings is 1. The van der Waals surface area contributed by atoms with Crippen LogP contribution >= 0.6 is 11.3 Å². The third-order valence-corrected chi connectivity index (χ3v) is 3.43. The molecule has 0 aliphatic heterocycles. The lowest BCUT2D eigenvalue weighted by Gasteiger charge is -2.05. The largest absolute Gasteiger partial charge is 0.288 e. The summed E-state index contributed by atoms with van der Waals surface area (Å²) in [5, 5.41) is 7.88. The highest BCUT2D eigenvalue weighted by Gasteiger charge is 2.06. The van der Waals surface area contributed by atoms with Gasteiger partial charge in [0, 0.05) is 16.3 Å². The van der Waals surface area contributed by atoms with Crippen LogP contribution < -0.4 is 4.80 Å². The first-order valence-corrected chi connectivity index (χ1v) is 5.58. The fourth-order valence-corrected chi connectivity index (χ4v) is 2.34. The average Bonchev–Trinajstić information content (AvgIpc) is 2.44. The van der Waals surface area contributed by atoms with Crippen molar-refractivity contribution in [3.63, 3.8) is 0 Å². The first kappa shape index (κ1) is 10.1. The Morgan fingerprint density at radius 2 is 2.00 bits per heavy atom. The maximum Gasteiger partial charge on any atom is 0.187 e. The molecule has 0 aromatic carbocycles. The zero-order chi connectivity index (χ0) is 11.0. The molecule has 4 heteroatoms. The molecule has 0 spiro atoms. The van der Waals surface area contributed by atoms with E-state index in [2.05, 4.69) is 4.98 Å². The molecule has 0 unspecified atom stereocenters. The molecule has 0 aliphatic carbocycles. The van der Waals surface area contributed by atoms with Gasteiger partial charge in [-0.1, -0.05) is 0 Å². The van der Waals surface area contributed by atoms with Gasteiger partial charge in [0.25, 0.3) is 0 Å².